The smallest absolute Gasteiger partial charge is 0.254 e. The number of hydrogen-bond acceptors (Lipinski definition) is 6. The molecule has 0 unspecified atom stereocenters. The molecule has 10 heteroatoms. The first kappa shape index (κ1) is 23.1. The molecule has 0 radical (unpaired) electrons. The Kier molecular flexibility index (Phi) is 6.46. The lowest BCUT2D eigenvalue weighted by molar-refractivity contribution is 0.0726. The van der Waals surface area contributed by atoms with Crippen molar-refractivity contribution in [3.8, 4) is 11.5 Å². The number of likely N-dealkylation sites (tertiary alicyclic amines) is 1. The topological polar surface area (TPSA) is 85.4 Å². The van der Waals surface area contributed by atoms with Gasteiger partial charge in [-0.15, -0.1) is 0 Å². The van der Waals surface area contributed by atoms with Crippen LogP contribution in [0.25, 0.3) is 0 Å². The number of benzene rings is 2. The minimum absolute atomic E-state index is 0.148. The number of morpholine rings is 1. The van der Waals surface area contributed by atoms with Gasteiger partial charge in [0.1, 0.15) is 10.7 Å². The van der Waals surface area contributed by atoms with Crippen LogP contribution in [-0.4, -0.2) is 69.6 Å². The zero-order valence-electron chi connectivity index (χ0n) is 18.7. The number of rotatable bonds is 4. The highest BCUT2D eigenvalue weighted by molar-refractivity contribution is 7.89. The van der Waals surface area contributed by atoms with Crippen molar-refractivity contribution < 1.29 is 31.8 Å². The summed E-state index contributed by atoms with van der Waals surface area (Å²) < 4.78 is 58.6. The van der Waals surface area contributed by atoms with E-state index in [0.29, 0.717) is 31.3 Å². The second-order valence-corrected chi connectivity index (χ2v) is 10.5. The molecule has 3 aliphatic rings. The molecule has 182 valence electrons. The summed E-state index contributed by atoms with van der Waals surface area (Å²) in [7, 11) is -4.07. The van der Waals surface area contributed by atoms with Gasteiger partial charge in [-0.2, -0.15) is 4.31 Å². The number of carbonyl (C=O) groups excluding carboxylic acids is 1. The highest BCUT2D eigenvalue weighted by Gasteiger charge is 2.34. The zero-order valence-corrected chi connectivity index (χ0v) is 19.6. The summed E-state index contributed by atoms with van der Waals surface area (Å²) in [6.07, 6.45) is 2.38. The molecule has 1 atom stereocenters. The molecule has 2 aromatic rings. The van der Waals surface area contributed by atoms with E-state index >= 15 is 0 Å². The SMILES string of the molecule is O=C(c1ccc(F)c(S(=O)(=O)N2CCOCC2)c1)N1CCC[C@@H]1c1ccc2c(c1)OCCCO2. The summed E-state index contributed by atoms with van der Waals surface area (Å²) in [5.74, 6) is 0.153. The lowest BCUT2D eigenvalue weighted by Crippen LogP contribution is -2.41. The van der Waals surface area contributed by atoms with E-state index in [1.165, 1.54) is 10.4 Å². The second-order valence-electron chi connectivity index (χ2n) is 8.57. The molecule has 3 heterocycles. The number of carbonyl (C=O) groups is 1. The van der Waals surface area contributed by atoms with Crippen LogP contribution in [0.2, 0.25) is 0 Å². The number of nitrogens with zero attached hydrogens (tertiary/aromatic N) is 2. The summed E-state index contributed by atoms with van der Waals surface area (Å²) in [6.45, 7) is 2.51. The van der Waals surface area contributed by atoms with E-state index in [9.17, 15) is 17.6 Å². The van der Waals surface area contributed by atoms with E-state index in [1.54, 1.807) is 4.90 Å². The highest BCUT2D eigenvalue weighted by atomic mass is 32.2. The Morgan fingerprint density at radius 3 is 2.47 bits per heavy atom. The van der Waals surface area contributed by atoms with E-state index in [2.05, 4.69) is 0 Å². The molecule has 0 N–H and O–H groups in total. The van der Waals surface area contributed by atoms with Gasteiger partial charge in [-0.05, 0) is 48.7 Å². The van der Waals surface area contributed by atoms with Crippen molar-refractivity contribution in [2.75, 3.05) is 46.1 Å². The van der Waals surface area contributed by atoms with Crippen LogP contribution in [0.4, 0.5) is 4.39 Å². The zero-order chi connectivity index (χ0) is 23.7. The van der Waals surface area contributed by atoms with Crippen molar-refractivity contribution >= 4 is 15.9 Å². The summed E-state index contributed by atoms with van der Waals surface area (Å²) in [5, 5.41) is 0. The minimum Gasteiger partial charge on any atom is -0.490 e. The number of sulfonamides is 1. The van der Waals surface area contributed by atoms with Crippen molar-refractivity contribution in [3.63, 3.8) is 0 Å². The van der Waals surface area contributed by atoms with Gasteiger partial charge in [-0.3, -0.25) is 4.79 Å². The number of fused-ring (bicyclic) bond motifs is 1. The van der Waals surface area contributed by atoms with Gasteiger partial charge in [0.15, 0.2) is 11.5 Å². The fraction of sp³-hybridized carbons (Fsp3) is 0.458. The molecule has 0 aliphatic carbocycles. The quantitative estimate of drug-likeness (QED) is 0.655. The molecule has 2 saturated heterocycles. The van der Waals surface area contributed by atoms with Gasteiger partial charge in [0.25, 0.3) is 5.91 Å². The maximum Gasteiger partial charge on any atom is 0.254 e. The van der Waals surface area contributed by atoms with E-state index < -0.39 is 20.7 Å². The van der Waals surface area contributed by atoms with Crippen LogP contribution < -0.4 is 9.47 Å². The highest BCUT2D eigenvalue weighted by Crippen LogP contribution is 2.38. The van der Waals surface area contributed by atoms with Crippen molar-refractivity contribution in [1.29, 1.82) is 0 Å². The number of ether oxygens (including phenoxy) is 3. The molecule has 0 saturated carbocycles. The van der Waals surface area contributed by atoms with Crippen molar-refractivity contribution in [2.45, 2.75) is 30.2 Å². The fourth-order valence-electron chi connectivity index (χ4n) is 4.67. The van der Waals surface area contributed by atoms with Gasteiger partial charge >= 0.3 is 0 Å². The predicted octanol–water partition coefficient (Wildman–Crippen LogP) is 2.99. The van der Waals surface area contributed by atoms with E-state index in [-0.39, 0.29) is 43.8 Å². The largest absolute Gasteiger partial charge is 0.490 e. The first-order valence-electron chi connectivity index (χ1n) is 11.5. The normalized spacial score (nSPS) is 21.3. The average molecular weight is 491 g/mol. The minimum atomic E-state index is -4.07. The van der Waals surface area contributed by atoms with Crippen LogP contribution in [0, 0.1) is 5.82 Å². The Hall–Kier alpha value is -2.69. The summed E-state index contributed by atoms with van der Waals surface area (Å²) in [6, 6.07) is 9.08. The monoisotopic (exact) mass is 490 g/mol. The van der Waals surface area contributed by atoms with E-state index in [1.807, 2.05) is 18.2 Å². The molecule has 2 aromatic carbocycles. The van der Waals surface area contributed by atoms with Gasteiger partial charge in [0, 0.05) is 31.6 Å². The standard InChI is InChI=1S/C24H27FN2O6S/c25-19-6-4-18(16-23(19)34(29,30)26-9-13-31-14-10-26)24(28)27-8-1-3-20(27)17-5-7-21-22(15-17)33-12-2-11-32-21/h4-7,15-16,20H,1-3,8-14H2/t20-/m1/s1. The molecule has 34 heavy (non-hydrogen) atoms. The Balaban J connectivity index is 1.42. The Bertz CT molecular complexity index is 1180. The second kappa shape index (κ2) is 9.52. The average Bonchev–Trinajstić information content (AvgIpc) is 3.23. The van der Waals surface area contributed by atoms with Crippen LogP contribution in [0.1, 0.15) is 41.2 Å². The van der Waals surface area contributed by atoms with Crippen LogP contribution in [0.5, 0.6) is 11.5 Å². The summed E-state index contributed by atoms with van der Waals surface area (Å²) in [5.41, 5.74) is 1.08. The Morgan fingerprint density at radius 1 is 0.912 bits per heavy atom. The molecule has 3 aliphatic heterocycles. The van der Waals surface area contributed by atoms with Crippen molar-refractivity contribution in [2.24, 2.45) is 0 Å². The third kappa shape index (κ3) is 4.37. The van der Waals surface area contributed by atoms with Gasteiger partial charge in [0.2, 0.25) is 10.0 Å². The van der Waals surface area contributed by atoms with Crippen LogP contribution in [0.15, 0.2) is 41.3 Å². The molecular formula is C24H27FN2O6S. The Morgan fingerprint density at radius 2 is 1.68 bits per heavy atom. The van der Waals surface area contributed by atoms with Gasteiger partial charge in [0.05, 0.1) is 32.5 Å². The maximum atomic E-state index is 14.6. The molecule has 0 spiro atoms. The molecule has 0 aromatic heterocycles. The molecule has 1 amide bonds. The van der Waals surface area contributed by atoms with Gasteiger partial charge < -0.3 is 19.1 Å². The number of hydrogen-bond donors (Lipinski definition) is 0. The van der Waals surface area contributed by atoms with Crippen LogP contribution in [0.3, 0.4) is 0 Å². The lowest BCUT2D eigenvalue weighted by Gasteiger charge is -2.27. The molecule has 0 bridgehead atoms. The molecule has 5 rings (SSSR count). The fourth-order valence-corrected chi connectivity index (χ4v) is 6.17. The maximum absolute atomic E-state index is 14.6. The van der Waals surface area contributed by atoms with Crippen LogP contribution >= 0.6 is 0 Å². The van der Waals surface area contributed by atoms with Crippen molar-refractivity contribution in [1.82, 2.24) is 9.21 Å². The summed E-state index contributed by atoms with van der Waals surface area (Å²) >= 11 is 0. The molecule has 2 fully saturated rings. The number of amides is 1. The van der Waals surface area contributed by atoms with Gasteiger partial charge in [-0.25, -0.2) is 12.8 Å². The Labute approximate surface area is 198 Å². The molecular weight excluding hydrogens is 463 g/mol. The summed E-state index contributed by atoms with van der Waals surface area (Å²) in [4.78, 5) is 14.7. The van der Waals surface area contributed by atoms with E-state index in [4.69, 9.17) is 14.2 Å². The predicted molar refractivity (Wildman–Crippen MR) is 121 cm³/mol. The third-order valence-corrected chi connectivity index (χ3v) is 8.35. The molecule has 8 nitrogen and oxygen atoms in total. The van der Waals surface area contributed by atoms with Crippen LogP contribution in [-0.2, 0) is 14.8 Å². The first-order chi connectivity index (χ1) is 16.4. The van der Waals surface area contributed by atoms with E-state index in [0.717, 1.165) is 37.0 Å². The first-order valence-corrected chi connectivity index (χ1v) is 13.0. The third-order valence-electron chi connectivity index (χ3n) is 6.44. The van der Waals surface area contributed by atoms with Gasteiger partial charge in [-0.1, -0.05) is 6.07 Å². The van der Waals surface area contributed by atoms with Crippen molar-refractivity contribution in [3.05, 3.63) is 53.3 Å². The number of halogens is 1. The lowest BCUT2D eigenvalue weighted by atomic mass is 10.0.